The molecule has 0 spiro atoms. The van der Waals surface area contributed by atoms with Crippen LogP contribution in [0.4, 0.5) is 0 Å². The van der Waals surface area contributed by atoms with Crippen molar-refractivity contribution in [1.82, 2.24) is 0 Å². The van der Waals surface area contributed by atoms with Crippen LogP contribution in [-0.2, 0) is 21.8 Å². The molecule has 1 aromatic carbocycles. The van der Waals surface area contributed by atoms with Gasteiger partial charge in [-0.1, -0.05) is 0 Å². The SMILES string of the molecule is CCOC(=O)Cc1c(OC)ccc(C#N)c1CCl. The lowest BCUT2D eigenvalue weighted by atomic mass is 9.99. The molecule has 0 saturated carbocycles. The summed E-state index contributed by atoms with van der Waals surface area (Å²) in [5.74, 6) is 0.324. The van der Waals surface area contributed by atoms with Gasteiger partial charge in [-0.15, -0.1) is 11.6 Å². The first-order chi connectivity index (χ1) is 8.67. The van der Waals surface area contributed by atoms with Crippen LogP contribution in [0, 0.1) is 11.3 Å². The standard InChI is InChI=1S/C13H14ClNO3/c1-3-18-13(16)6-10-11(7-14)9(8-15)4-5-12(10)17-2/h4-5H,3,6-7H2,1-2H3. The normalized spacial score (nSPS) is 9.67. The number of carbonyl (C=O) groups is 1. The van der Waals surface area contributed by atoms with Gasteiger partial charge in [0.2, 0.25) is 0 Å². The lowest BCUT2D eigenvalue weighted by Gasteiger charge is -2.13. The molecule has 18 heavy (non-hydrogen) atoms. The summed E-state index contributed by atoms with van der Waals surface area (Å²) >= 11 is 5.85. The summed E-state index contributed by atoms with van der Waals surface area (Å²) in [6.45, 7) is 2.05. The number of nitrogens with zero attached hydrogens (tertiary/aromatic N) is 1. The van der Waals surface area contributed by atoms with Crippen molar-refractivity contribution < 1.29 is 14.3 Å². The molecular formula is C13H14ClNO3. The van der Waals surface area contributed by atoms with E-state index in [0.717, 1.165) is 0 Å². The highest BCUT2D eigenvalue weighted by Gasteiger charge is 2.17. The van der Waals surface area contributed by atoms with Gasteiger partial charge in [0.05, 0.1) is 31.8 Å². The number of ether oxygens (including phenoxy) is 2. The van der Waals surface area contributed by atoms with Gasteiger partial charge in [-0.3, -0.25) is 4.79 Å². The van der Waals surface area contributed by atoms with Crippen LogP contribution in [0.5, 0.6) is 5.75 Å². The van der Waals surface area contributed by atoms with Crippen LogP contribution in [0.2, 0.25) is 0 Å². The summed E-state index contributed by atoms with van der Waals surface area (Å²) < 4.78 is 10.1. The van der Waals surface area contributed by atoms with Gasteiger partial charge in [-0.25, -0.2) is 0 Å². The molecule has 0 aliphatic heterocycles. The second-order valence-corrected chi connectivity index (χ2v) is 3.77. The van der Waals surface area contributed by atoms with E-state index in [1.54, 1.807) is 19.1 Å². The Kier molecular flexibility index (Phi) is 5.47. The third-order valence-corrected chi connectivity index (χ3v) is 2.76. The maximum Gasteiger partial charge on any atom is 0.310 e. The smallest absolute Gasteiger partial charge is 0.310 e. The van der Waals surface area contributed by atoms with E-state index >= 15 is 0 Å². The first-order valence-corrected chi connectivity index (χ1v) is 6.01. The first kappa shape index (κ1) is 14.3. The van der Waals surface area contributed by atoms with Crippen LogP contribution in [-0.4, -0.2) is 19.7 Å². The van der Waals surface area contributed by atoms with Gasteiger partial charge in [0, 0.05) is 11.4 Å². The summed E-state index contributed by atoms with van der Waals surface area (Å²) in [6, 6.07) is 5.34. The molecule has 0 aliphatic carbocycles. The zero-order valence-corrected chi connectivity index (χ0v) is 11.1. The van der Waals surface area contributed by atoms with Gasteiger partial charge in [0.25, 0.3) is 0 Å². The predicted molar refractivity (Wildman–Crippen MR) is 67.6 cm³/mol. The molecule has 4 nitrogen and oxygen atoms in total. The summed E-state index contributed by atoms with van der Waals surface area (Å²) in [4.78, 5) is 11.5. The molecule has 96 valence electrons. The number of hydrogen-bond donors (Lipinski definition) is 0. The van der Waals surface area contributed by atoms with Crippen molar-refractivity contribution in [2.75, 3.05) is 13.7 Å². The number of alkyl halides is 1. The van der Waals surface area contributed by atoms with E-state index in [-0.39, 0.29) is 18.3 Å². The average Bonchev–Trinajstić information content (AvgIpc) is 2.38. The van der Waals surface area contributed by atoms with E-state index in [0.29, 0.717) is 29.0 Å². The molecule has 0 amide bonds. The van der Waals surface area contributed by atoms with Gasteiger partial charge in [-0.05, 0) is 24.6 Å². The number of rotatable bonds is 5. The van der Waals surface area contributed by atoms with E-state index in [4.69, 9.17) is 26.3 Å². The van der Waals surface area contributed by atoms with Gasteiger partial charge in [-0.2, -0.15) is 5.26 Å². The second-order valence-electron chi connectivity index (χ2n) is 3.50. The van der Waals surface area contributed by atoms with Crippen molar-refractivity contribution in [3.63, 3.8) is 0 Å². The zero-order chi connectivity index (χ0) is 13.5. The van der Waals surface area contributed by atoms with E-state index < -0.39 is 0 Å². The summed E-state index contributed by atoms with van der Waals surface area (Å²) in [5, 5.41) is 9.01. The summed E-state index contributed by atoms with van der Waals surface area (Å²) in [6.07, 6.45) is 0.0502. The van der Waals surface area contributed by atoms with Crippen LogP contribution in [0.3, 0.4) is 0 Å². The van der Waals surface area contributed by atoms with Gasteiger partial charge in [0.1, 0.15) is 5.75 Å². The molecule has 0 aliphatic rings. The Hall–Kier alpha value is -1.73. The molecule has 0 radical (unpaired) electrons. The lowest BCUT2D eigenvalue weighted by Crippen LogP contribution is -2.11. The first-order valence-electron chi connectivity index (χ1n) is 5.48. The van der Waals surface area contributed by atoms with E-state index in [1.807, 2.05) is 0 Å². The number of halogens is 1. The number of methoxy groups -OCH3 is 1. The fourth-order valence-corrected chi connectivity index (χ4v) is 1.98. The lowest BCUT2D eigenvalue weighted by molar-refractivity contribution is -0.142. The van der Waals surface area contributed by atoms with Gasteiger partial charge < -0.3 is 9.47 Å². The highest BCUT2D eigenvalue weighted by atomic mass is 35.5. The molecule has 1 aromatic rings. The Morgan fingerprint density at radius 3 is 2.67 bits per heavy atom. The van der Waals surface area contributed by atoms with Crippen molar-refractivity contribution in [1.29, 1.82) is 5.26 Å². The molecule has 5 heteroatoms. The third-order valence-electron chi connectivity index (χ3n) is 2.49. The minimum Gasteiger partial charge on any atom is -0.496 e. The third kappa shape index (κ3) is 3.14. The van der Waals surface area contributed by atoms with Crippen LogP contribution < -0.4 is 4.74 Å². The Balaban J connectivity index is 3.20. The maximum absolute atomic E-state index is 11.5. The second kappa shape index (κ2) is 6.87. The number of benzene rings is 1. The molecular weight excluding hydrogens is 254 g/mol. The van der Waals surface area contributed by atoms with E-state index in [9.17, 15) is 4.79 Å². The number of carbonyl (C=O) groups excluding carboxylic acids is 1. The molecule has 0 unspecified atom stereocenters. The fourth-order valence-electron chi connectivity index (χ4n) is 1.67. The molecule has 0 saturated heterocycles. The molecule has 0 N–H and O–H groups in total. The number of hydrogen-bond acceptors (Lipinski definition) is 4. The Labute approximate surface area is 111 Å². The van der Waals surface area contributed by atoms with Crippen LogP contribution in [0.1, 0.15) is 23.6 Å². The molecule has 0 bridgehead atoms. The van der Waals surface area contributed by atoms with Gasteiger partial charge >= 0.3 is 5.97 Å². The number of nitriles is 1. The van der Waals surface area contributed by atoms with E-state index in [1.165, 1.54) is 7.11 Å². The van der Waals surface area contributed by atoms with Crippen LogP contribution in [0.15, 0.2) is 12.1 Å². The van der Waals surface area contributed by atoms with Crippen molar-refractivity contribution >= 4 is 17.6 Å². The predicted octanol–water partition coefficient (Wildman–Crippen LogP) is 2.41. The van der Waals surface area contributed by atoms with Crippen molar-refractivity contribution in [3.8, 4) is 11.8 Å². The monoisotopic (exact) mass is 267 g/mol. The summed E-state index contributed by atoms with van der Waals surface area (Å²) in [5.41, 5.74) is 1.68. The van der Waals surface area contributed by atoms with Crippen molar-refractivity contribution in [2.24, 2.45) is 0 Å². The van der Waals surface area contributed by atoms with E-state index in [2.05, 4.69) is 6.07 Å². The fraction of sp³-hybridized carbons (Fsp3) is 0.385. The number of esters is 1. The highest BCUT2D eigenvalue weighted by Crippen LogP contribution is 2.27. The molecule has 0 fully saturated rings. The van der Waals surface area contributed by atoms with Gasteiger partial charge in [0.15, 0.2) is 0 Å². The van der Waals surface area contributed by atoms with Crippen LogP contribution >= 0.6 is 11.6 Å². The topological polar surface area (TPSA) is 59.3 Å². The minimum atomic E-state index is -0.364. The molecule has 0 atom stereocenters. The van der Waals surface area contributed by atoms with Crippen molar-refractivity contribution in [3.05, 3.63) is 28.8 Å². The highest BCUT2D eigenvalue weighted by molar-refractivity contribution is 6.17. The Bertz CT molecular complexity index is 480. The largest absolute Gasteiger partial charge is 0.496 e. The average molecular weight is 268 g/mol. The molecule has 1 rings (SSSR count). The van der Waals surface area contributed by atoms with Crippen LogP contribution in [0.25, 0.3) is 0 Å². The minimum absolute atomic E-state index is 0.0502. The quantitative estimate of drug-likeness (QED) is 0.607. The van der Waals surface area contributed by atoms with Crippen molar-refractivity contribution in [2.45, 2.75) is 19.2 Å². The maximum atomic E-state index is 11.5. The molecule has 0 heterocycles. The Morgan fingerprint density at radius 1 is 1.44 bits per heavy atom. The molecule has 0 aromatic heterocycles. The summed E-state index contributed by atoms with van der Waals surface area (Å²) in [7, 11) is 1.51. The Morgan fingerprint density at radius 2 is 2.17 bits per heavy atom. The zero-order valence-electron chi connectivity index (χ0n) is 10.3.